The van der Waals surface area contributed by atoms with Crippen molar-refractivity contribution in [1.29, 1.82) is 0 Å². The Balaban J connectivity index is 2.19. The first kappa shape index (κ1) is 35.7. The zero-order chi connectivity index (χ0) is 33.0. The second kappa shape index (κ2) is 17.0. The van der Waals surface area contributed by atoms with Gasteiger partial charge in [0.1, 0.15) is 30.2 Å². The van der Waals surface area contributed by atoms with E-state index < -0.39 is 72.2 Å². The van der Waals surface area contributed by atoms with Crippen LogP contribution in [-0.2, 0) is 40.0 Å². The number of carboxylic acid groups (broad SMARTS) is 2. The summed E-state index contributed by atoms with van der Waals surface area (Å²) in [6.45, 7) is 7.19. The van der Waals surface area contributed by atoms with Crippen LogP contribution in [0, 0.1) is 11.8 Å². The first-order valence-electron chi connectivity index (χ1n) is 14.7. The van der Waals surface area contributed by atoms with E-state index in [-0.39, 0.29) is 49.8 Å². The molecule has 2 rings (SSSR count). The zero-order valence-corrected chi connectivity index (χ0v) is 25.4. The number of amides is 5. The highest BCUT2D eigenvalue weighted by molar-refractivity contribution is 5.97. The van der Waals surface area contributed by atoms with Crippen molar-refractivity contribution in [1.82, 2.24) is 26.6 Å². The van der Waals surface area contributed by atoms with Crippen LogP contribution in [0.3, 0.4) is 0 Å². The van der Waals surface area contributed by atoms with E-state index in [1.165, 1.54) is 0 Å². The van der Waals surface area contributed by atoms with Gasteiger partial charge in [0, 0.05) is 12.8 Å². The van der Waals surface area contributed by atoms with E-state index >= 15 is 0 Å². The Bertz CT molecular complexity index is 1200. The van der Waals surface area contributed by atoms with Crippen LogP contribution in [0.25, 0.3) is 0 Å². The molecule has 44 heavy (non-hydrogen) atoms. The van der Waals surface area contributed by atoms with Crippen molar-refractivity contribution < 1.29 is 43.8 Å². The van der Waals surface area contributed by atoms with Gasteiger partial charge in [-0.05, 0) is 36.7 Å². The summed E-state index contributed by atoms with van der Waals surface area (Å²) in [6.07, 6.45) is -0.128. The SMILES string of the molecule is CC(C)C[C@H](NC(=O)[C@H](CC(=O)O)NC(=O)[C@H](CC(C)C)NC(=O)[C@@H]1CCC(=O)N1)C(=O)N[C@@H](Cc1ccccc1)C(=O)O. The second-order valence-corrected chi connectivity index (χ2v) is 11.8. The van der Waals surface area contributed by atoms with Gasteiger partial charge in [-0.15, -0.1) is 0 Å². The van der Waals surface area contributed by atoms with Crippen molar-refractivity contribution in [3.8, 4) is 0 Å². The first-order chi connectivity index (χ1) is 20.7. The maximum atomic E-state index is 13.3. The van der Waals surface area contributed by atoms with Gasteiger partial charge in [0.05, 0.1) is 6.42 Å². The van der Waals surface area contributed by atoms with Crippen LogP contribution in [0.4, 0.5) is 0 Å². The molecule has 0 spiro atoms. The van der Waals surface area contributed by atoms with E-state index in [4.69, 9.17) is 0 Å². The largest absolute Gasteiger partial charge is 0.481 e. The molecule has 242 valence electrons. The molecule has 7 N–H and O–H groups in total. The van der Waals surface area contributed by atoms with Crippen molar-refractivity contribution in [2.75, 3.05) is 0 Å². The summed E-state index contributed by atoms with van der Waals surface area (Å²) in [5, 5.41) is 31.6. The van der Waals surface area contributed by atoms with Crippen molar-refractivity contribution in [2.24, 2.45) is 11.8 Å². The number of benzene rings is 1. The molecule has 14 heteroatoms. The van der Waals surface area contributed by atoms with Gasteiger partial charge in [-0.25, -0.2) is 4.79 Å². The summed E-state index contributed by atoms with van der Waals surface area (Å²) in [7, 11) is 0. The van der Waals surface area contributed by atoms with Gasteiger partial charge in [0.2, 0.25) is 29.5 Å². The summed E-state index contributed by atoms with van der Waals surface area (Å²) in [5.74, 6) is -6.29. The van der Waals surface area contributed by atoms with Gasteiger partial charge in [-0.2, -0.15) is 0 Å². The summed E-state index contributed by atoms with van der Waals surface area (Å²) in [4.78, 5) is 87.5. The molecule has 1 saturated heterocycles. The lowest BCUT2D eigenvalue weighted by molar-refractivity contribution is -0.143. The van der Waals surface area contributed by atoms with Crippen LogP contribution in [-0.4, -0.2) is 81.9 Å². The number of carbonyl (C=O) groups is 7. The highest BCUT2D eigenvalue weighted by Gasteiger charge is 2.34. The van der Waals surface area contributed by atoms with Gasteiger partial charge in [-0.3, -0.25) is 28.8 Å². The fourth-order valence-electron chi connectivity index (χ4n) is 4.74. The van der Waals surface area contributed by atoms with E-state index in [0.717, 1.165) is 0 Å². The first-order valence-corrected chi connectivity index (χ1v) is 14.7. The van der Waals surface area contributed by atoms with Crippen molar-refractivity contribution in [3.05, 3.63) is 35.9 Å². The Morgan fingerprint density at radius 3 is 1.75 bits per heavy atom. The quantitative estimate of drug-likeness (QED) is 0.126. The Hall–Kier alpha value is -4.49. The fourth-order valence-corrected chi connectivity index (χ4v) is 4.74. The number of hydrogen-bond donors (Lipinski definition) is 7. The van der Waals surface area contributed by atoms with E-state index in [1.54, 1.807) is 44.2 Å². The lowest BCUT2D eigenvalue weighted by atomic mass is 10.00. The summed E-state index contributed by atoms with van der Waals surface area (Å²) in [6, 6.07) is 2.59. The Labute approximate surface area is 256 Å². The normalized spacial score (nSPS) is 17.1. The molecule has 0 saturated carbocycles. The Morgan fingerprint density at radius 1 is 0.773 bits per heavy atom. The van der Waals surface area contributed by atoms with E-state index in [1.807, 2.05) is 13.8 Å². The topological polar surface area (TPSA) is 220 Å². The zero-order valence-electron chi connectivity index (χ0n) is 25.4. The average molecular weight is 618 g/mol. The number of hydrogen-bond acceptors (Lipinski definition) is 7. The van der Waals surface area contributed by atoms with Crippen molar-refractivity contribution in [3.63, 3.8) is 0 Å². The third-order valence-electron chi connectivity index (χ3n) is 6.90. The predicted molar refractivity (Wildman–Crippen MR) is 158 cm³/mol. The summed E-state index contributed by atoms with van der Waals surface area (Å²) in [5.41, 5.74) is 0.673. The minimum absolute atomic E-state index is 0.00451. The van der Waals surface area contributed by atoms with Crippen LogP contribution >= 0.6 is 0 Å². The van der Waals surface area contributed by atoms with Gasteiger partial charge in [0.25, 0.3) is 0 Å². The van der Waals surface area contributed by atoms with Crippen molar-refractivity contribution in [2.45, 2.75) is 96.4 Å². The Morgan fingerprint density at radius 2 is 1.27 bits per heavy atom. The molecule has 5 atom stereocenters. The maximum Gasteiger partial charge on any atom is 0.326 e. The lowest BCUT2D eigenvalue weighted by Crippen LogP contribution is -2.59. The number of aliphatic carboxylic acids is 2. The van der Waals surface area contributed by atoms with Gasteiger partial charge in [-0.1, -0.05) is 58.0 Å². The highest BCUT2D eigenvalue weighted by Crippen LogP contribution is 2.12. The van der Waals surface area contributed by atoms with Gasteiger partial charge in [0.15, 0.2) is 0 Å². The minimum atomic E-state index is -1.61. The average Bonchev–Trinajstić information content (AvgIpc) is 3.37. The molecule has 5 amide bonds. The molecule has 1 aromatic carbocycles. The standard InChI is InChI=1S/C30H43N5O9/c1-16(2)12-20(32-26(39)19-10-11-24(36)31-19)27(40)34-22(15-25(37)38)29(42)33-21(13-17(3)4)28(41)35-23(30(43)44)14-18-8-6-5-7-9-18/h5-9,16-17,19-23H,10-15H2,1-4H3,(H,31,36)(H,32,39)(H,33,42)(H,34,40)(H,35,41)(H,37,38)(H,43,44)/t19-,20-,21-,22-,23-/m0/s1. The number of carboxylic acids is 2. The number of nitrogens with one attached hydrogen (secondary N) is 5. The Kier molecular flexibility index (Phi) is 13.8. The molecule has 0 radical (unpaired) electrons. The molecular formula is C30H43N5O9. The summed E-state index contributed by atoms with van der Waals surface area (Å²) < 4.78 is 0. The van der Waals surface area contributed by atoms with E-state index in [0.29, 0.717) is 5.56 Å². The van der Waals surface area contributed by atoms with Crippen molar-refractivity contribution >= 4 is 41.5 Å². The van der Waals surface area contributed by atoms with Crippen LogP contribution in [0.1, 0.15) is 65.4 Å². The second-order valence-electron chi connectivity index (χ2n) is 11.8. The van der Waals surface area contributed by atoms with E-state index in [2.05, 4.69) is 26.6 Å². The molecule has 14 nitrogen and oxygen atoms in total. The molecule has 1 aliphatic heterocycles. The molecule has 1 fully saturated rings. The molecule has 0 aliphatic carbocycles. The minimum Gasteiger partial charge on any atom is -0.481 e. The molecule has 1 aromatic rings. The summed E-state index contributed by atoms with van der Waals surface area (Å²) >= 11 is 0. The van der Waals surface area contributed by atoms with Crippen LogP contribution < -0.4 is 26.6 Å². The third-order valence-corrected chi connectivity index (χ3v) is 6.90. The van der Waals surface area contributed by atoms with Gasteiger partial charge < -0.3 is 36.8 Å². The van der Waals surface area contributed by atoms with Crippen LogP contribution in [0.2, 0.25) is 0 Å². The third kappa shape index (κ3) is 12.0. The highest BCUT2D eigenvalue weighted by atomic mass is 16.4. The maximum absolute atomic E-state index is 13.3. The monoisotopic (exact) mass is 617 g/mol. The molecule has 0 bridgehead atoms. The van der Waals surface area contributed by atoms with E-state index in [9.17, 15) is 43.8 Å². The number of rotatable bonds is 17. The molecule has 1 heterocycles. The molecule has 0 unspecified atom stereocenters. The molecule has 1 aliphatic rings. The number of carbonyl (C=O) groups excluding carboxylic acids is 5. The fraction of sp³-hybridized carbons (Fsp3) is 0.567. The smallest absolute Gasteiger partial charge is 0.326 e. The molecular weight excluding hydrogens is 574 g/mol. The predicted octanol–water partition coefficient (Wildman–Crippen LogP) is 0.0984. The van der Waals surface area contributed by atoms with Gasteiger partial charge >= 0.3 is 11.9 Å². The lowest BCUT2D eigenvalue weighted by Gasteiger charge is -2.27. The van der Waals surface area contributed by atoms with Crippen LogP contribution in [0.5, 0.6) is 0 Å². The molecule has 0 aromatic heterocycles. The van der Waals surface area contributed by atoms with Crippen LogP contribution in [0.15, 0.2) is 30.3 Å².